The molecule has 2 aromatic heterocycles. The number of aromatic nitrogens is 2. The zero-order valence-corrected chi connectivity index (χ0v) is 26.2. The molecule has 8 nitrogen and oxygen atoms in total. The van der Waals surface area contributed by atoms with Gasteiger partial charge in [0.2, 0.25) is 0 Å². The summed E-state index contributed by atoms with van der Waals surface area (Å²) in [5.41, 5.74) is 2.12. The summed E-state index contributed by atoms with van der Waals surface area (Å²) in [6.07, 6.45) is 2.23. The fourth-order valence-electron chi connectivity index (χ4n) is 5.54. The number of carboxylic acid groups (broad SMARTS) is 1. The molecule has 0 aliphatic heterocycles. The van der Waals surface area contributed by atoms with Crippen LogP contribution in [0.5, 0.6) is 5.75 Å². The van der Waals surface area contributed by atoms with E-state index in [0.717, 1.165) is 26.9 Å². The van der Waals surface area contributed by atoms with Gasteiger partial charge in [-0.15, -0.1) is 0 Å². The van der Waals surface area contributed by atoms with Crippen LogP contribution in [0.15, 0.2) is 73.1 Å². The Morgan fingerprint density at radius 3 is 2.47 bits per heavy atom. The maximum atomic E-state index is 12.6. The van der Waals surface area contributed by atoms with Gasteiger partial charge in [-0.05, 0) is 60.7 Å². The Morgan fingerprint density at radius 2 is 1.79 bits per heavy atom. The highest BCUT2D eigenvalue weighted by Gasteiger charge is 2.35. The molecule has 0 aliphatic carbocycles. The van der Waals surface area contributed by atoms with Gasteiger partial charge in [-0.1, -0.05) is 56.0 Å². The first-order chi connectivity index (χ1) is 20.4. The lowest BCUT2D eigenvalue weighted by molar-refractivity contribution is 0.0155. The van der Waals surface area contributed by atoms with Gasteiger partial charge in [0.15, 0.2) is 5.72 Å². The largest absolute Gasteiger partial charge is 0.488 e. The lowest BCUT2D eigenvalue weighted by atomic mass is 9.96. The van der Waals surface area contributed by atoms with Crippen LogP contribution in [-0.4, -0.2) is 40.1 Å². The third-order valence-corrected chi connectivity index (χ3v) is 9.50. The Morgan fingerprint density at radius 1 is 1.05 bits per heavy atom. The van der Waals surface area contributed by atoms with E-state index in [1.807, 2.05) is 55.6 Å². The van der Waals surface area contributed by atoms with Crippen molar-refractivity contribution in [3.05, 3.63) is 101 Å². The van der Waals surface area contributed by atoms with Gasteiger partial charge in [-0.3, -0.25) is 4.57 Å². The highest BCUT2D eigenvalue weighted by atomic mass is 28.3. The summed E-state index contributed by atoms with van der Waals surface area (Å²) in [7, 11) is -1.33. The summed E-state index contributed by atoms with van der Waals surface area (Å²) in [5.74, 6) is 0.447. The van der Waals surface area contributed by atoms with Crippen molar-refractivity contribution in [1.82, 2.24) is 9.13 Å². The second-order valence-corrected chi connectivity index (χ2v) is 17.9. The molecule has 0 spiro atoms. The molecule has 43 heavy (non-hydrogen) atoms. The van der Waals surface area contributed by atoms with E-state index in [2.05, 4.69) is 25.7 Å². The molecule has 2 N–H and O–H groups in total. The molecule has 5 aromatic rings. The molecular weight excluding hydrogens is 558 g/mol. The SMILES string of the molecule is Cc1cc(OCc2ccccc2)c(C(C)(O)n2cc3ccc(C#N)cc3c2COCC[Si](C)(C)C)c2ccn(C(=O)O)c12. The molecule has 0 amide bonds. The predicted molar refractivity (Wildman–Crippen MR) is 170 cm³/mol. The van der Waals surface area contributed by atoms with Crippen molar-refractivity contribution >= 4 is 35.8 Å². The summed E-state index contributed by atoms with van der Waals surface area (Å²) in [6, 6.07) is 21.9. The lowest BCUT2D eigenvalue weighted by Gasteiger charge is -2.31. The Hall–Kier alpha value is -4.36. The van der Waals surface area contributed by atoms with E-state index in [4.69, 9.17) is 9.47 Å². The van der Waals surface area contributed by atoms with E-state index in [1.165, 1.54) is 6.20 Å². The van der Waals surface area contributed by atoms with Crippen LogP contribution in [0.25, 0.3) is 21.7 Å². The van der Waals surface area contributed by atoms with Crippen molar-refractivity contribution in [3.63, 3.8) is 0 Å². The second-order valence-electron chi connectivity index (χ2n) is 12.3. The van der Waals surface area contributed by atoms with Crippen LogP contribution in [-0.2, 0) is 23.7 Å². The van der Waals surface area contributed by atoms with E-state index in [-0.39, 0.29) is 13.2 Å². The third-order valence-electron chi connectivity index (χ3n) is 7.80. The average molecular weight is 596 g/mol. The highest BCUT2D eigenvalue weighted by Crippen LogP contribution is 2.42. The van der Waals surface area contributed by atoms with Crippen LogP contribution < -0.4 is 4.74 Å². The van der Waals surface area contributed by atoms with Crippen LogP contribution in [0.3, 0.4) is 0 Å². The van der Waals surface area contributed by atoms with E-state index >= 15 is 0 Å². The molecule has 0 fully saturated rings. The van der Waals surface area contributed by atoms with Crippen LogP contribution in [0.2, 0.25) is 25.7 Å². The first kappa shape index (κ1) is 30.1. The third kappa shape index (κ3) is 6.08. The molecule has 0 saturated carbocycles. The number of benzene rings is 3. The van der Waals surface area contributed by atoms with Gasteiger partial charge in [0, 0.05) is 37.8 Å². The molecule has 0 radical (unpaired) electrons. The highest BCUT2D eigenvalue weighted by molar-refractivity contribution is 6.76. The molecule has 0 saturated heterocycles. The second kappa shape index (κ2) is 11.7. The van der Waals surface area contributed by atoms with Gasteiger partial charge < -0.3 is 24.3 Å². The van der Waals surface area contributed by atoms with Gasteiger partial charge >= 0.3 is 6.09 Å². The van der Waals surface area contributed by atoms with E-state index < -0.39 is 19.9 Å². The minimum Gasteiger partial charge on any atom is -0.488 e. The molecule has 1 unspecified atom stereocenters. The Labute approximate surface area is 252 Å². The maximum Gasteiger partial charge on any atom is 0.416 e. The van der Waals surface area contributed by atoms with Gasteiger partial charge in [-0.2, -0.15) is 5.26 Å². The number of fused-ring (bicyclic) bond motifs is 2. The van der Waals surface area contributed by atoms with Crippen molar-refractivity contribution in [3.8, 4) is 11.8 Å². The van der Waals surface area contributed by atoms with E-state index in [1.54, 1.807) is 29.7 Å². The maximum absolute atomic E-state index is 12.6. The number of carbonyl (C=O) groups is 1. The minimum atomic E-state index is -1.69. The fourth-order valence-corrected chi connectivity index (χ4v) is 6.30. The number of aliphatic hydroxyl groups is 1. The smallest absolute Gasteiger partial charge is 0.416 e. The summed E-state index contributed by atoms with van der Waals surface area (Å²) < 4.78 is 15.5. The Kier molecular flexibility index (Phi) is 8.21. The molecule has 9 heteroatoms. The number of hydrogen-bond donors (Lipinski definition) is 2. The molecule has 2 heterocycles. The number of aryl methyl sites for hydroxylation is 1. The summed E-state index contributed by atoms with van der Waals surface area (Å²) in [4.78, 5) is 12.1. The van der Waals surface area contributed by atoms with Crippen LogP contribution in [0.4, 0.5) is 4.79 Å². The molecule has 5 rings (SSSR count). The minimum absolute atomic E-state index is 0.227. The van der Waals surface area contributed by atoms with Crippen LogP contribution in [0, 0.1) is 18.3 Å². The molecular formula is C34H37N3O5Si. The molecule has 222 valence electrons. The number of hydrogen-bond acceptors (Lipinski definition) is 5. The van der Waals surface area contributed by atoms with Gasteiger partial charge in [0.05, 0.1) is 35.0 Å². The summed E-state index contributed by atoms with van der Waals surface area (Å²) in [5, 5.41) is 34.3. The molecule has 1 atom stereocenters. The fraction of sp³-hybridized carbons (Fsp3) is 0.294. The topological polar surface area (TPSA) is 110 Å². The first-order valence-corrected chi connectivity index (χ1v) is 18.0. The quantitative estimate of drug-likeness (QED) is 0.128. The average Bonchev–Trinajstić information content (AvgIpc) is 3.57. The number of rotatable bonds is 10. The Bertz CT molecular complexity index is 1840. The van der Waals surface area contributed by atoms with Gasteiger partial charge in [0.25, 0.3) is 0 Å². The normalized spacial score (nSPS) is 13.2. The van der Waals surface area contributed by atoms with Gasteiger partial charge in [-0.25, -0.2) is 4.79 Å². The van der Waals surface area contributed by atoms with Crippen LogP contribution in [0.1, 0.15) is 34.9 Å². The lowest BCUT2D eigenvalue weighted by Crippen LogP contribution is -2.33. The number of ether oxygens (including phenoxy) is 2. The van der Waals surface area contributed by atoms with E-state index in [0.29, 0.717) is 45.6 Å². The monoisotopic (exact) mass is 595 g/mol. The van der Waals surface area contributed by atoms with Crippen molar-refractivity contribution in [2.75, 3.05) is 6.61 Å². The molecule has 3 aromatic carbocycles. The van der Waals surface area contributed by atoms with E-state index in [9.17, 15) is 20.3 Å². The summed E-state index contributed by atoms with van der Waals surface area (Å²) >= 11 is 0. The standard InChI is InChI=1S/C34H37N3O5Si/c1-23-17-30(42-21-24-9-7-6-8-10-24)31(27-13-14-36(32(23)27)33(38)39)34(2,40)37-20-26-12-11-25(19-35)18-28(26)29(37)22-41-15-16-43(3,4)5/h6-14,17-18,20,40H,15-16,21-22H2,1-5H3,(H,38,39). The number of nitrogens with zero attached hydrogens (tertiary/aromatic N) is 3. The zero-order chi connectivity index (χ0) is 30.9. The van der Waals surface area contributed by atoms with Crippen LogP contribution >= 0.6 is 0 Å². The van der Waals surface area contributed by atoms with Crippen molar-refractivity contribution in [2.45, 2.75) is 58.5 Å². The van der Waals surface area contributed by atoms with Gasteiger partial charge in [0.1, 0.15) is 12.4 Å². The van der Waals surface area contributed by atoms with Crippen molar-refractivity contribution in [1.29, 1.82) is 5.26 Å². The number of nitriles is 1. The first-order valence-electron chi connectivity index (χ1n) is 14.3. The predicted octanol–water partition coefficient (Wildman–Crippen LogP) is 7.45. The summed E-state index contributed by atoms with van der Waals surface area (Å²) in [6.45, 7) is 11.5. The zero-order valence-electron chi connectivity index (χ0n) is 25.2. The molecule has 0 aliphatic rings. The van der Waals surface area contributed by atoms with Crippen molar-refractivity contribution < 1.29 is 24.5 Å². The Balaban J connectivity index is 1.69. The molecule has 0 bridgehead atoms. The van der Waals surface area contributed by atoms with Crippen molar-refractivity contribution in [2.24, 2.45) is 0 Å².